The highest BCUT2D eigenvalue weighted by Gasteiger charge is 2.18. The fourth-order valence-electron chi connectivity index (χ4n) is 3.73. The molecule has 198 valence electrons. The van der Waals surface area contributed by atoms with E-state index in [2.05, 4.69) is 9.44 Å². The Kier molecular flexibility index (Phi) is 8.23. The Labute approximate surface area is 223 Å². The van der Waals surface area contributed by atoms with Crippen LogP contribution in [0.15, 0.2) is 107 Å². The SMILES string of the molecule is CCOc1ccccc1NS(=O)(=O)c1ccc(-c2ccc(S(=O)(=O)Nc3ccccc3OCC)cc2)cc1. The van der Waals surface area contributed by atoms with Crippen LogP contribution in [0.5, 0.6) is 11.5 Å². The summed E-state index contributed by atoms with van der Waals surface area (Å²) in [5.74, 6) is 0.891. The van der Waals surface area contributed by atoms with Gasteiger partial charge in [-0.1, -0.05) is 48.5 Å². The quantitative estimate of drug-likeness (QED) is 0.245. The summed E-state index contributed by atoms with van der Waals surface area (Å²) >= 11 is 0. The van der Waals surface area contributed by atoms with Crippen molar-refractivity contribution in [3.05, 3.63) is 97.1 Å². The monoisotopic (exact) mass is 552 g/mol. The van der Waals surface area contributed by atoms with Gasteiger partial charge in [-0.15, -0.1) is 0 Å². The number of rotatable bonds is 11. The van der Waals surface area contributed by atoms with Gasteiger partial charge in [-0.05, 0) is 73.5 Å². The molecular weight excluding hydrogens is 524 g/mol. The molecule has 0 amide bonds. The van der Waals surface area contributed by atoms with Crippen LogP contribution in [-0.2, 0) is 20.0 Å². The van der Waals surface area contributed by atoms with E-state index in [9.17, 15) is 16.8 Å². The van der Waals surface area contributed by atoms with Crippen LogP contribution in [0, 0.1) is 0 Å². The normalized spacial score (nSPS) is 11.5. The molecule has 0 unspecified atom stereocenters. The maximum Gasteiger partial charge on any atom is 0.262 e. The van der Waals surface area contributed by atoms with E-state index in [0.717, 1.165) is 11.1 Å². The molecule has 4 rings (SSSR count). The van der Waals surface area contributed by atoms with Crippen molar-refractivity contribution in [2.75, 3.05) is 22.7 Å². The number of nitrogens with one attached hydrogen (secondary N) is 2. The van der Waals surface area contributed by atoms with Crippen LogP contribution in [0.4, 0.5) is 11.4 Å². The summed E-state index contributed by atoms with van der Waals surface area (Å²) in [4.78, 5) is 0.174. The van der Waals surface area contributed by atoms with Gasteiger partial charge in [0.1, 0.15) is 11.5 Å². The predicted molar refractivity (Wildman–Crippen MR) is 149 cm³/mol. The highest BCUT2D eigenvalue weighted by Crippen LogP contribution is 2.29. The second-order valence-corrected chi connectivity index (χ2v) is 11.5. The first-order valence-electron chi connectivity index (χ1n) is 11.9. The van der Waals surface area contributed by atoms with Crippen LogP contribution in [0.1, 0.15) is 13.8 Å². The van der Waals surface area contributed by atoms with Crippen LogP contribution in [0.25, 0.3) is 11.1 Å². The summed E-state index contributed by atoms with van der Waals surface area (Å²) in [5.41, 5.74) is 2.18. The molecule has 4 aromatic rings. The predicted octanol–water partition coefficient (Wildman–Crippen LogP) is 5.75. The number of ether oxygens (including phenoxy) is 2. The molecule has 0 aliphatic heterocycles. The molecule has 38 heavy (non-hydrogen) atoms. The summed E-state index contributed by atoms with van der Waals surface area (Å²) < 4.78 is 67.8. The Bertz CT molecular complexity index is 1480. The zero-order valence-electron chi connectivity index (χ0n) is 20.9. The molecule has 0 fully saturated rings. The van der Waals surface area contributed by atoms with Crippen molar-refractivity contribution in [2.45, 2.75) is 23.6 Å². The summed E-state index contributed by atoms with van der Waals surface area (Å²) in [5, 5.41) is 0. The molecule has 0 atom stereocenters. The molecular formula is C28H28N2O6S2. The zero-order chi connectivity index (χ0) is 27.2. The molecule has 8 nitrogen and oxygen atoms in total. The molecule has 4 aromatic carbocycles. The number of hydrogen-bond acceptors (Lipinski definition) is 6. The minimum Gasteiger partial charge on any atom is -0.492 e. The van der Waals surface area contributed by atoms with Crippen LogP contribution in [0.2, 0.25) is 0 Å². The third kappa shape index (κ3) is 6.27. The third-order valence-electron chi connectivity index (χ3n) is 5.53. The number of hydrogen-bond donors (Lipinski definition) is 2. The Balaban J connectivity index is 1.50. The van der Waals surface area contributed by atoms with Crippen molar-refractivity contribution < 1.29 is 26.3 Å². The van der Waals surface area contributed by atoms with Crippen molar-refractivity contribution in [3.63, 3.8) is 0 Å². The molecule has 10 heteroatoms. The fourth-order valence-corrected chi connectivity index (χ4v) is 5.87. The van der Waals surface area contributed by atoms with Crippen molar-refractivity contribution in [2.24, 2.45) is 0 Å². The zero-order valence-corrected chi connectivity index (χ0v) is 22.6. The average Bonchev–Trinajstić information content (AvgIpc) is 2.91. The average molecular weight is 553 g/mol. The van der Waals surface area contributed by atoms with Gasteiger partial charge in [0.05, 0.1) is 34.4 Å². The number of sulfonamides is 2. The van der Waals surface area contributed by atoms with Gasteiger partial charge in [-0.25, -0.2) is 16.8 Å². The number of para-hydroxylation sites is 4. The standard InChI is InChI=1S/C28H28N2O6S2/c1-3-35-27-11-7-5-9-25(27)29-37(31,32)23-17-13-21(14-18-23)22-15-19-24(20-16-22)38(33,34)30-26-10-6-8-12-28(26)36-4-2/h5-20,29-30H,3-4H2,1-2H3. The van der Waals surface area contributed by atoms with Gasteiger partial charge in [0.2, 0.25) is 0 Å². The van der Waals surface area contributed by atoms with E-state index >= 15 is 0 Å². The van der Waals surface area contributed by atoms with Crippen LogP contribution >= 0.6 is 0 Å². The van der Waals surface area contributed by atoms with Gasteiger partial charge in [-0.3, -0.25) is 9.44 Å². The molecule has 0 heterocycles. The Morgan fingerprint density at radius 2 is 0.868 bits per heavy atom. The van der Waals surface area contributed by atoms with E-state index in [1.807, 2.05) is 13.8 Å². The lowest BCUT2D eigenvalue weighted by Crippen LogP contribution is -2.14. The summed E-state index contributed by atoms with van der Waals surface area (Å²) in [6.07, 6.45) is 0. The largest absolute Gasteiger partial charge is 0.492 e. The van der Waals surface area contributed by atoms with E-state index in [-0.39, 0.29) is 9.79 Å². The maximum atomic E-state index is 12.9. The molecule has 0 aliphatic carbocycles. The lowest BCUT2D eigenvalue weighted by molar-refractivity contribution is 0.342. The van der Waals surface area contributed by atoms with Crippen molar-refractivity contribution in [1.29, 1.82) is 0 Å². The lowest BCUT2D eigenvalue weighted by atomic mass is 10.1. The first-order valence-corrected chi connectivity index (χ1v) is 14.9. The first-order chi connectivity index (χ1) is 18.2. The third-order valence-corrected chi connectivity index (χ3v) is 8.29. The Hall–Kier alpha value is -4.02. The highest BCUT2D eigenvalue weighted by molar-refractivity contribution is 7.93. The summed E-state index contributed by atoms with van der Waals surface area (Å²) in [6, 6.07) is 26.3. The van der Waals surface area contributed by atoms with E-state index in [4.69, 9.17) is 9.47 Å². The van der Waals surface area contributed by atoms with Crippen LogP contribution in [0.3, 0.4) is 0 Å². The van der Waals surface area contributed by atoms with E-state index in [1.165, 1.54) is 24.3 Å². The molecule has 0 radical (unpaired) electrons. The topological polar surface area (TPSA) is 111 Å². The van der Waals surface area contributed by atoms with Gasteiger partial charge in [-0.2, -0.15) is 0 Å². The molecule has 0 bridgehead atoms. The first kappa shape index (κ1) is 27.0. The molecule has 0 saturated carbocycles. The summed E-state index contributed by atoms with van der Waals surface area (Å²) in [6.45, 7) is 4.46. The van der Waals surface area contributed by atoms with Gasteiger partial charge >= 0.3 is 0 Å². The molecule has 0 spiro atoms. The van der Waals surface area contributed by atoms with Gasteiger partial charge in [0.15, 0.2) is 0 Å². The summed E-state index contributed by atoms with van der Waals surface area (Å²) in [7, 11) is -7.69. The van der Waals surface area contributed by atoms with E-state index in [1.54, 1.807) is 72.8 Å². The van der Waals surface area contributed by atoms with Crippen LogP contribution < -0.4 is 18.9 Å². The van der Waals surface area contributed by atoms with E-state index in [0.29, 0.717) is 36.1 Å². The second-order valence-electron chi connectivity index (χ2n) is 8.12. The molecule has 2 N–H and O–H groups in total. The Morgan fingerprint density at radius 1 is 0.526 bits per heavy atom. The molecule has 0 aromatic heterocycles. The fraction of sp³-hybridized carbons (Fsp3) is 0.143. The number of anilines is 2. The minimum absolute atomic E-state index is 0.0870. The highest BCUT2D eigenvalue weighted by atomic mass is 32.2. The van der Waals surface area contributed by atoms with Crippen molar-refractivity contribution >= 4 is 31.4 Å². The molecule has 0 aliphatic rings. The minimum atomic E-state index is -3.84. The smallest absolute Gasteiger partial charge is 0.262 e. The van der Waals surface area contributed by atoms with Gasteiger partial charge in [0.25, 0.3) is 20.0 Å². The van der Waals surface area contributed by atoms with Gasteiger partial charge < -0.3 is 9.47 Å². The number of benzene rings is 4. The van der Waals surface area contributed by atoms with E-state index < -0.39 is 20.0 Å². The van der Waals surface area contributed by atoms with Crippen molar-refractivity contribution in [3.8, 4) is 22.6 Å². The second kappa shape index (κ2) is 11.6. The van der Waals surface area contributed by atoms with Gasteiger partial charge in [0, 0.05) is 0 Å². The maximum absolute atomic E-state index is 12.9. The lowest BCUT2D eigenvalue weighted by Gasteiger charge is -2.13. The molecule has 0 saturated heterocycles. The van der Waals surface area contributed by atoms with Crippen molar-refractivity contribution in [1.82, 2.24) is 0 Å². The Morgan fingerprint density at radius 3 is 1.21 bits per heavy atom. The van der Waals surface area contributed by atoms with Crippen LogP contribution in [-0.4, -0.2) is 30.0 Å².